The first kappa shape index (κ1) is 11.1. The molecule has 2 aromatic heterocycles. The van der Waals surface area contributed by atoms with Gasteiger partial charge in [-0.15, -0.1) is 0 Å². The van der Waals surface area contributed by atoms with Crippen LogP contribution >= 0.6 is 0 Å². The lowest BCUT2D eigenvalue weighted by molar-refractivity contribution is 0.0949. The molecule has 4 N–H and O–H groups in total. The topological polar surface area (TPSA) is 96.7 Å². The van der Waals surface area contributed by atoms with Crippen molar-refractivity contribution in [2.24, 2.45) is 0 Å². The van der Waals surface area contributed by atoms with Crippen molar-refractivity contribution in [2.75, 3.05) is 5.73 Å². The van der Waals surface area contributed by atoms with Gasteiger partial charge in [0.2, 0.25) is 0 Å². The Morgan fingerprint density at radius 1 is 1.59 bits per heavy atom. The van der Waals surface area contributed by atoms with Crippen LogP contribution in [-0.2, 0) is 6.54 Å². The molecule has 6 nitrogen and oxygen atoms in total. The highest BCUT2D eigenvalue weighted by molar-refractivity contribution is 5.95. The number of H-pyrrole nitrogens is 1. The Kier molecular flexibility index (Phi) is 3.04. The number of amides is 1. The quantitative estimate of drug-likeness (QED) is 0.721. The standard InChI is InChI=1S/C11H13N5O/c1-7-10(4-8(12)5-13-7)11(17)14-6-9-2-3-15-16-9/h2-5H,6,12H2,1H3,(H,14,17)(H,15,16). The molecule has 0 saturated carbocycles. The summed E-state index contributed by atoms with van der Waals surface area (Å²) in [5.74, 6) is -0.197. The smallest absolute Gasteiger partial charge is 0.253 e. The van der Waals surface area contributed by atoms with Gasteiger partial charge in [-0.3, -0.25) is 14.9 Å². The van der Waals surface area contributed by atoms with E-state index in [1.54, 1.807) is 25.3 Å². The van der Waals surface area contributed by atoms with Crippen LogP contribution in [0.1, 0.15) is 21.7 Å². The largest absolute Gasteiger partial charge is 0.397 e. The van der Waals surface area contributed by atoms with E-state index in [9.17, 15) is 4.79 Å². The fourth-order valence-electron chi connectivity index (χ4n) is 1.43. The van der Waals surface area contributed by atoms with Crippen LogP contribution in [0.2, 0.25) is 0 Å². The highest BCUT2D eigenvalue weighted by Gasteiger charge is 2.10. The zero-order valence-corrected chi connectivity index (χ0v) is 9.40. The maximum atomic E-state index is 11.9. The molecule has 88 valence electrons. The first-order valence-corrected chi connectivity index (χ1v) is 5.15. The third-order valence-electron chi connectivity index (χ3n) is 2.35. The summed E-state index contributed by atoms with van der Waals surface area (Å²) in [4.78, 5) is 15.9. The van der Waals surface area contributed by atoms with Crippen molar-refractivity contribution in [3.63, 3.8) is 0 Å². The molecule has 0 aliphatic heterocycles. The molecular formula is C11H13N5O. The molecule has 2 aromatic rings. The second-order valence-electron chi connectivity index (χ2n) is 3.67. The first-order valence-electron chi connectivity index (χ1n) is 5.15. The van der Waals surface area contributed by atoms with Gasteiger partial charge in [0.25, 0.3) is 5.91 Å². The average Bonchev–Trinajstić information content (AvgIpc) is 2.82. The number of carbonyl (C=O) groups is 1. The Balaban J connectivity index is 2.07. The van der Waals surface area contributed by atoms with E-state index in [4.69, 9.17) is 5.73 Å². The van der Waals surface area contributed by atoms with E-state index in [2.05, 4.69) is 20.5 Å². The Morgan fingerprint density at radius 3 is 3.12 bits per heavy atom. The van der Waals surface area contributed by atoms with Crippen LogP contribution in [0.3, 0.4) is 0 Å². The Hall–Kier alpha value is -2.37. The van der Waals surface area contributed by atoms with Crippen molar-refractivity contribution in [2.45, 2.75) is 13.5 Å². The summed E-state index contributed by atoms with van der Waals surface area (Å²) in [6.07, 6.45) is 3.16. The first-order chi connectivity index (χ1) is 8.16. The molecule has 2 rings (SSSR count). The second-order valence-corrected chi connectivity index (χ2v) is 3.67. The Labute approximate surface area is 98.3 Å². The fraction of sp³-hybridized carbons (Fsp3) is 0.182. The summed E-state index contributed by atoms with van der Waals surface area (Å²) in [7, 11) is 0. The number of anilines is 1. The monoisotopic (exact) mass is 231 g/mol. The molecule has 0 aliphatic rings. The van der Waals surface area contributed by atoms with Crippen molar-refractivity contribution >= 4 is 11.6 Å². The summed E-state index contributed by atoms with van der Waals surface area (Å²) < 4.78 is 0. The van der Waals surface area contributed by atoms with E-state index in [0.717, 1.165) is 5.69 Å². The summed E-state index contributed by atoms with van der Waals surface area (Å²) in [6, 6.07) is 3.41. The Bertz CT molecular complexity index is 521. The van der Waals surface area contributed by atoms with Crippen LogP contribution in [0.15, 0.2) is 24.5 Å². The maximum absolute atomic E-state index is 11.9. The number of hydrogen-bond donors (Lipinski definition) is 3. The number of aromatic amines is 1. The number of aromatic nitrogens is 3. The van der Waals surface area contributed by atoms with Crippen LogP contribution in [0.25, 0.3) is 0 Å². The molecule has 17 heavy (non-hydrogen) atoms. The van der Waals surface area contributed by atoms with Gasteiger partial charge in [-0.25, -0.2) is 0 Å². The number of nitrogens with one attached hydrogen (secondary N) is 2. The summed E-state index contributed by atoms with van der Waals surface area (Å²) >= 11 is 0. The van der Waals surface area contributed by atoms with Crippen molar-refractivity contribution in [1.29, 1.82) is 0 Å². The zero-order chi connectivity index (χ0) is 12.3. The van der Waals surface area contributed by atoms with Crippen molar-refractivity contribution in [3.05, 3.63) is 41.5 Å². The number of rotatable bonds is 3. The number of pyridine rings is 1. The summed E-state index contributed by atoms with van der Waals surface area (Å²) in [5, 5.41) is 9.32. The third-order valence-corrected chi connectivity index (χ3v) is 2.35. The van der Waals surface area contributed by atoms with Crippen molar-refractivity contribution in [3.8, 4) is 0 Å². The number of nitrogens with two attached hydrogens (primary N) is 1. The molecule has 0 atom stereocenters. The lowest BCUT2D eigenvalue weighted by Crippen LogP contribution is -2.24. The van der Waals surface area contributed by atoms with Crippen LogP contribution in [-0.4, -0.2) is 21.1 Å². The SMILES string of the molecule is Cc1ncc(N)cc1C(=O)NCc1ccn[nH]1. The second kappa shape index (κ2) is 4.65. The van der Waals surface area contributed by atoms with Gasteiger partial charge in [0, 0.05) is 6.20 Å². The fourth-order valence-corrected chi connectivity index (χ4v) is 1.43. The molecule has 0 aromatic carbocycles. The van der Waals surface area contributed by atoms with Crippen molar-refractivity contribution < 1.29 is 4.79 Å². The molecule has 1 amide bonds. The molecule has 0 unspecified atom stereocenters. The number of carbonyl (C=O) groups excluding carboxylic acids is 1. The minimum absolute atomic E-state index is 0.197. The third kappa shape index (κ3) is 2.60. The highest BCUT2D eigenvalue weighted by atomic mass is 16.1. The van der Waals surface area contributed by atoms with Gasteiger partial charge in [-0.2, -0.15) is 5.10 Å². The molecule has 0 spiro atoms. The van der Waals surface area contributed by atoms with Gasteiger partial charge >= 0.3 is 0 Å². The lowest BCUT2D eigenvalue weighted by atomic mass is 10.2. The van der Waals surface area contributed by atoms with Gasteiger partial charge in [-0.1, -0.05) is 0 Å². The lowest BCUT2D eigenvalue weighted by Gasteiger charge is -2.06. The van der Waals surface area contributed by atoms with Crippen LogP contribution in [0.5, 0.6) is 0 Å². The van der Waals surface area contributed by atoms with E-state index in [0.29, 0.717) is 23.5 Å². The van der Waals surface area contributed by atoms with Crippen LogP contribution < -0.4 is 11.1 Å². The maximum Gasteiger partial charge on any atom is 0.253 e. The predicted molar refractivity (Wildman–Crippen MR) is 63.1 cm³/mol. The van der Waals surface area contributed by atoms with E-state index >= 15 is 0 Å². The van der Waals surface area contributed by atoms with Gasteiger partial charge in [0.15, 0.2) is 0 Å². The summed E-state index contributed by atoms with van der Waals surface area (Å²) in [5.41, 5.74) is 8.06. The van der Waals surface area contributed by atoms with Crippen LogP contribution in [0, 0.1) is 6.92 Å². The molecule has 0 fully saturated rings. The van der Waals surface area contributed by atoms with Gasteiger partial charge in [0.05, 0.1) is 35.4 Å². The van der Waals surface area contributed by atoms with E-state index in [1.807, 2.05) is 0 Å². The molecular weight excluding hydrogens is 218 g/mol. The number of nitrogen functional groups attached to an aromatic ring is 1. The minimum Gasteiger partial charge on any atom is -0.397 e. The Morgan fingerprint density at radius 2 is 2.41 bits per heavy atom. The van der Waals surface area contributed by atoms with Gasteiger partial charge in [-0.05, 0) is 19.1 Å². The van der Waals surface area contributed by atoms with Crippen LogP contribution in [0.4, 0.5) is 5.69 Å². The molecule has 0 saturated heterocycles. The number of hydrogen-bond acceptors (Lipinski definition) is 4. The van der Waals surface area contributed by atoms with Crippen molar-refractivity contribution in [1.82, 2.24) is 20.5 Å². The zero-order valence-electron chi connectivity index (χ0n) is 9.40. The normalized spacial score (nSPS) is 10.2. The highest BCUT2D eigenvalue weighted by Crippen LogP contribution is 2.09. The number of aryl methyl sites for hydroxylation is 1. The molecule has 6 heteroatoms. The van der Waals surface area contributed by atoms with Gasteiger partial charge < -0.3 is 11.1 Å². The summed E-state index contributed by atoms with van der Waals surface area (Å²) in [6.45, 7) is 2.16. The molecule has 0 radical (unpaired) electrons. The van der Waals surface area contributed by atoms with E-state index in [1.165, 1.54) is 6.20 Å². The van der Waals surface area contributed by atoms with E-state index in [-0.39, 0.29) is 5.91 Å². The van der Waals surface area contributed by atoms with Gasteiger partial charge in [0.1, 0.15) is 0 Å². The molecule has 0 aliphatic carbocycles. The molecule has 0 bridgehead atoms. The molecule has 2 heterocycles. The number of nitrogens with zero attached hydrogens (tertiary/aromatic N) is 2. The minimum atomic E-state index is -0.197. The predicted octanol–water partition coefficient (Wildman–Crippen LogP) is 0.625. The average molecular weight is 231 g/mol. The van der Waals surface area contributed by atoms with E-state index < -0.39 is 0 Å².